The Kier molecular flexibility index (Phi) is 4.86. The first kappa shape index (κ1) is 14.8. The average Bonchev–Trinajstić information content (AvgIpc) is 2.37. The number of nitrogens with one attached hydrogen (secondary N) is 1. The summed E-state index contributed by atoms with van der Waals surface area (Å²) in [6, 6.07) is 10.9. The van der Waals surface area contributed by atoms with E-state index in [0.717, 1.165) is 13.6 Å². The number of anilines is 1. The summed E-state index contributed by atoms with van der Waals surface area (Å²) in [4.78, 5) is 12.3. The number of aryl methyl sites for hydroxylation is 1. The summed E-state index contributed by atoms with van der Waals surface area (Å²) >= 11 is 11.5. The standard InChI is InChI=1S/C14H10BrClINO/c1-8-3-2-4-10(13(8)17)14(19)18-12-7-9(16)5-6-11(12)15/h2-7H,1H3,(H,18,19). The normalized spacial score (nSPS) is 10.3. The molecule has 0 saturated carbocycles. The van der Waals surface area contributed by atoms with E-state index in [1.807, 2.05) is 25.1 Å². The highest BCUT2D eigenvalue weighted by molar-refractivity contribution is 14.1. The van der Waals surface area contributed by atoms with Crippen LogP contribution in [0.5, 0.6) is 0 Å². The lowest BCUT2D eigenvalue weighted by Gasteiger charge is -2.10. The highest BCUT2D eigenvalue weighted by Gasteiger charge is 2.12. The Balaban J connectivity index is 2.31. The molecule has 0 radical (unpaired) electrons. The second-order valence-electron chi connectivity index (χ2n) is 4.01. The fraction of sp³-hybridized carbons (Fsp3) is 0.0714. The van der Waals surface area contributed by atoms with E-state index < -0.39 is 0 Å². The van der Waals surface area contributed by atoms with Crippen molar-refractivity contribution >= 4 is 61.7 Å². The van der Waals surface area contributed by atoms with Gasteiger partial charge in [0.25, 0.3) is 5.91 Å². The zero-order valence-electron chi connectivity index (χ0n) is 10.0. The van der Waals surface area contributed by atoms with Crippen LogP contribution in [0, 0.1) is 10.5 Å². The molecule has 0 aliphatic rings. The number of halogens is 3. The predicted octanol–water partition coefficient (Wildman–Crippen LogP) is 5.27. The van der Waals surface area contributed by atoms with Crippen molar-refractivity contribution in [2.75, 3.05) is 5.32 Å². The summed E-state index contributed by atoms with van der Waals surface area (Å²) in [5.74, 6) is -0.143. The number of carbonyl (C=O) groups excluding carboxylic acids is 1. The van der Waals surface area contributed by atoms with Gasteiger partial charge in [0.15, 0.2) is 0 Å². The lowest BCUT2D eigenvalue weighted by Crippen LogP contribution is -2.14. The van der Waals surface area contributed by atoms with Crippen LogP contribution in [-0.4, -0.2) is 5.91 Å². The van der Waals surface area contributed by atoms with Gasteiger partial charge in [-0.2, -0.15) is 0 Å². The molecular formula is C14H10BrClINO. The van der Waals surface area contributed by atoms with Gasteiger partial charge in [-0.15, -0.1) is 0 Å². The van der Waals surface area contributed by atoms with Crippen molar-refractivity contribution in [2.24, 2.45) is 0 Å². The Morgan fingerprint density at radius 3 is 2.79 bits per heavy atom. The van der Waals surface area contributed by atoms with E-state index in [1.54, 1.807) is 18.2 Å². The summed E-state index contributed by atoms with van der Waals surface area (Å²) < 4.78 is 1.75. The molecule has 2 aromatic rings. The van der Waals surface area contributed by atoms with Gasteiger partial charge < -0.3 is 5.32 Å². The molecule has 1 amide bonds. The van der Waals surface area contributed by atoms with Gasteiger partial charge in [0.1, 0.15) is 0 Å². The van der Waals surface area contributed by atoms with Gasteiger partial charge in [0.2, 0.25) is 0 Å². The van der Waals surface area contributed by atoms with E-state index in [9.17, 15) is 4.79 Å². The van der Waals surface area contributed by atoms with Gasteiger partial charge in [-0.25, -0.2) is 0 Å². The molecule has 0 heterocycles. The molecule has 0 aliphatic heterocycles. The maximum Gasteiger partial charge on any atom is 0.256 e. The lowest BCUT2D eigenvalue weighted by molar-refractivity contribution is 0.102. The number of hydrogen-bond acceptors (Lipinski definition) is 1. The van der Waals surface area contributed by atoms with Gasteiger partial charge in [-0.05, 0) is 75.3 Å². The summed E-state index contributed by atoms with van der Waals surface area (Å²) in [6.45, 7) is 1.98. The monoisotopic (exact) mass is 449 g/mol. The van der Waals surface area contributed by atoms with Gasteiger partial charge in [0.05, 0.1) is 11.3 Å². The van der Waals surface area contributed by atoms with E-state index in [4.69, 9.17) is 11.6 Å². The highest BCUT2D eigenvalue weighted by Crippen LogP contribution is 2.27. The summed E-state index contributed by atoms with van der Waals surface area (Å²) in [5, 5.41) is 3.44. The van der Waals surface area contributed by atoms with Crippen LogP contribution >= 0.6 is 50.1 Å². The summed E-state index contributed by atoms with van der Waals surface area (Å²) in [5.41, 5.74) is 2.40. The van der Waals surface area contributed by atoms with Gasteiger partial charge in [0, 0.05) is 13.1 Å². The average molecular weight is 451 g/mol. The van der Waals surface area contributed by atoms with Gasteiger partial charge in [-0.3, -0.25) is 4.79 Å². The minimum atomic E-state index is -0.143. The number of rotatable bonds is 2. The quantitative estimate of drug-likeness (QED) is 0.621. The Bertz CT molecular complexity index is 645. The molecule has 0 spiro atoms. The van der Waals surface area contributed by atoms with E-state index in [1.165, 1.54) is 0 Å². The zero-order chi connectivity index (χ0) is 14.0. The van der Waals surface area contributed by atoms with E-state index in [-0.39, 0.29) is 5.91 Å². The van der Waals surface area contributed by atoms with Crippen molar-refractivity contribution in [3.8, 4) is 0 Å². The van der Waals surface area contributed by atoms with Crippen LogP contribution < -0.4 is 5.32 Å². The van der Waals surface area contributed by atoms with Crippen LogP contribution in [0.3, 0.4) is 0 Å². The second-order valence-corrected chi connectivity index (χ2v) is 6.38. The van der Waals surface area contributed by atoms with E-state index >= 15 is 0 Å². The van der Waals surface area contributed by atoms with Crippen molar-refractivity contribution in [1.29, 1.82) is 0 Å². The number of amides is 1. The molecule has 2 aromatic carbocycles. The Hall–Kier alpha value is -0.590. The summed E-state index contributed by atoms with van der Waals surface area (Å²) in [6.07, 6.45) is 0. The maximum absolute atomic E-state index is 12.3. The summed E-state index contributed by atoms with van der Waals surface area (Å²) in [7, 11) is 0. The molecule has 2 rings (SSSR count). The number of benzene rings is 2. The first-order valence-corrected chi connectivity index (χ1v) is 7.75. The zero-order valence-corrected chi connectivity index (χ0v) is 14.5. The van der Waals surface area contributed by atoms with Crippen molar-refractivity contribution in [2.45, 2.75) is 6.92 Å². The van der Waals surface area contributed by atoms with Crippen molar-refractivity contribution in [3.05, 3.63) is 60.6 Å². The first-order valence-electron chi connectivity index (χ1n) is 5.50. The van der Waals surface area contributed by atoms with Crippen molar-refractivity contribution in [1.82, 2.24) is 0 Å². The van der Waals surface area contributed by atoms with Gasteiger partial charge in [-0.1, -0.05) is 23.7 Å². The molecule has 0 aliphatic carbocycles. The van der Waals surface area contributed by atoms with Gasteiger partial charge >= 0.3 is 0 Å². The first-order chi connectivity index (χ1) is 8.99. The second kappa shape index (κ2) is 6.24. The van der Waals surface area contributed by atoms with Crippen LogP contribution in [-0.2, 0) is 0 Å². The molecule has 1 N–H and O–H groups in total. The van der Waals surface area contributed by atoms with Crippen LogP contribution in [0.2, 0.25) is 5.02 Å². The fourth-order valence-electron chi connectivity index (χ4n) is 1.61. The minimum Gasteiger partial charge on any atom is -0.321 e. The molecule has 2 nitrogen and oxygen atoms in total. The molecule has 0 atom stereocenters. The van der Waals surface area contributed by atoms with Crippen LogP contribution in [0.1, 0.15) is 15.9 Å². The topological polar surface area (TPSA) is 29.1 Å². The lowest BCUT2D eigenvalue weighted by atomic mass is 10.1. The van der Waals surface area contributed by atoms with Crippen molar-refractivity contribution in [3.63, 3.8) is 0 Å². The molecule has 0 unspecified atom stereocenters. The SMILES string of the molecule is Cc1cccc(C(=O)Nc2cc(Cl)ccc2Br)c1I. The number of hydrogen-bond donors (Lipinski definition) is 1. The van der Waals surface area contributed by atoms with Crippen molar-refractivity contribution < 1.29 is 4.79 Å². The molecule has 98 valence electrons. The van der Waals surface area contributed by atoms with E-state index in [2.05, 4.69) is 43.8 Å². The molecule has 0 bridgehead atoms. The molecule has 0 saturated heterocycles. The Labute approximate surface area is 138 Å². The Morgan fingerprint density at radius 1 is 1.32 bits per heavy atom. The maximum atomic E-state index is 12.3. The molecule has 0 fully saturated rings. The minimum absolute atomic E-state index is 0.143. The van der Waals surface area contributed by atoms with Crippen LogP contribution in [0.4, 0.5) is 5.69 Å². The molecule has 5 heteroatoms. The fourth-order valence-corrected chi connectivity index (χ4v) is 2.73. The predicted molar refractivity (Wildman–Crippen MR) is 91.0 cm³/mol. The van der Waals surface area contributed by atoms with Crippen LogP contribution in [0.25, 0.3) is 0 Å². The molecular weight excluding hydrogens is 440 g/mol. The third-order valence-electron chi connectivity index (χ3n) is 2.61. The molecule has 0 aromatic heterocycles. The number of carbonyl (C=O) groups is 1. The third kappa shape index (κ3) is 3.49. The van der Waals surface area contributed by atoms with Crippen LogP contribution in [0.15, 0.2) is 40.9 Å². The Morgan fingerprint density at radius 2 is 2.05 bits per heavy atom. The van der Waals surface area contributed by atoms with E-state index in [0.29, 0.717) is 16.3 Å². The highest BCUT2D eigenvalue weighted by atomic mass is 127. The molecule has 19 heavy (non-hydrogen) atoms. The largest absolute Gasteiger partial charge is 0.321 e. The smallest absolute Gasteiger partial charge is 0.256 e. The third-order valence-corrected chi connectivity index (χ3v) is 4.97.